The minimum absolute atomic E-state index is 0.0763. The maximum atomic E-state index is 11.8. The lowest BCUT2D eigenvalue weighted by atomic mass is 9.96. The van der Waals surface area contributed by atoms with E-state index in [9.17, 15) is 4.79 Å². The number of amides is 2. The fourth-order valence-electron chi connectivity index (χ4n) is 2.90. The van der Waals surface area contributed by atoms with Gasteiger partial charge in [-0.2, -0.15) is 0 Å². The highest BCUT2D eigenvalue weighted by atomic mass is 16.5. The zero-order valence-electron chi connectivity index (χ0n) is 13.7. The molecular formula is C18H28N2O2. The van der Waals surface area contributed by atoms with Crippen molar-refractivity contribution in [3.05, 3.63) is 29.8 Å². The summed E-state index contributed by atoms with van der Waals surface area (Å²) in [6, 6.07) is 8.34. The number of benzene rings is 1. The van der Waals surface area contributed by atoms with Crippen LogP contribution >= 0.6 is 0 Å². The Morgan fingerprint density at radius 3 is 2.68 bits per heavy atom. The lowest BCUT2D eigenvalue weighted by Crippen LogP contribution is -2.44. The first kappa shape index (κ1) is 16.7. The normalized spacial score (nSPS) is 15.6. The van der Waals surface area contributed by atoms with Gasteiger partial charge in [0.1, 0.15) is 12.4 Å². The molecule has 2 rings (SSSR count). The maximum Gasteiger partial charge on any atom is 0.315 e. The van der Waals surface area contributed by atoms with Gasteiger partial charge in [-0.15, -0.1) is 0 Å². The maximum absolute atomic E-state index is 11.8. The Morgan fingerprint density at radius 1 is 1.23 bits per heavy atom. The number of hydrogen-bond acceptors (Lipinski definition) is 2. The van der Waals surface area contributed by atoms with E-state index in [0.29, 0.717) is 25.1 Å². The summed E-state index contributed by atoms with van der Waals surface area (Å²) in [5.74, 6) is 1.34. The minimum Gasteiger partial charge on any atom is -0.491 e. The molecule has 1 fully saturated rings. The van der Waals surface area contributed by atoms with Gasteiger partial charge in [-0.3, -0.25) is 0 Å². The second-order valence-electron chi connectivity index (χ2n) is 6.28. The third-order valence-electron chi connectivity index (χ3n) is 4.13. The van der Waals surface area contributed by atoms with Gasteiger partial charge in [-0.25, -0.2) is 4.79 Å². The highest BCUT2D eigenvalue weighted by Crippen LogP contribution is 2.25. The topological polar surface area (TPSA) is 50.4 Å². The van der Waals surface area contributed by atoms with Gasteiger partial charge in [-0.1, -0.05) is 51.3 Å². The van der Waals surface area contributed by atoms with Gasteiger partial charge in [-0.05, 0) is 30.4 Å². The van der Waals surface area contributed by atoms with Gasteiger partial charge >= 0.3 is 6.03 Å². The number of hydrogen-bond donors (Lipinski definition) is 2. The zero-order chi connectivity index (χ0) is 15.8. The van der Waals surface area contributed by atoms with E-state index in [-0.39, 0.29) is 6.03 Å². The van der Waals surface area contributed by atoms with Crippen LogP contribution in [0.1, 0.15) is 57.4 Å². The molecule has 4 nitrogen and oxygen atoms in total. The van der Waals surface area contributed by atoms with Crippen LogP contribution in [0, 0.1) is 0 Å². The molecule has 0 bridgehead atoms. The lowest BCUT2D eigenvalue weighted by Gasteiger charge is -2.22. The monoisotopic (exact) mass is 304 g/mol. The minimum atomic E-state index is -0.0763. The van der Waals surface area contributed by atoms with Crippen LogP contribution in [0.2, 0.25) is 0 Å². The van der Waals surface area contributed by atoms with Crippen molar-refractivity contribution in [3.63, 3.8) is 0 Å². The van der Waals surface area contributed by atoms with E-state index in [1.807, 2.05) is 18.2 Å². The summed E-state index contributed by atoms with van der Waals surface area (Å²) in [6.45, 7) is 5.31. The number of para-hydroxylation sites is 1. The van der Waals surface area contributed by atoms with Gasteiger partial charge in [0.05, 0.1) is 6.54 Å². The largest absolute Gasteiger partial charge is 0.491 e. The predicted molar refractivity (Wildman–Crippen MR) is 89.4 cm³/mol. The molecule has 4 heteroatoms. The lowest BCUT2D eigenvalue weighted by molar-refractivity contribution is 0.228. The Morgan fingerprint density at radius 2 is 1.95 bits per heavy atom. The zero-order valence-corrected chi connectivity index (χ0v) is 13.7. The highest BCUT2D eigenvalue weighted by Gasteiger charge is 2.15. The molecule has 2 N–H and O–H groups in total. The summed E-state index contributed by atoms with van der Waals surface area (Å²) in [7, 11) is 0. The molecule has 22 heavy (non-hydrogen) atoms. The average Bonchev–Trinajstić information content (AvgIpc) is 2.53. The van der Waals surface area contributed by atoms with Crippen molar-refractivity contribution in [1.29, 1.82) is 0 Å². The third-order valence-corrected chi connectivity index (χ3v) is 4.13. The molecule has 0 saturated heterocycles. The summed E-state index contributed by atoms with van der Waals surface area (Å²) in [5, 5.41) is 5.92. The van der Waals surface area contributed by atoms with Crippen molar-refractivity contribution in [1.82, 2.24) is 10.6 Å². The van der Waals surface area contributed by atoms with E-state index in [2.05, 4.69) is 30.5 Å². The predicted octanol–water partition coefficient (Wildman–Crippen LogP) is 3.82. The second-order valence-corrected chi connectivity index (χ2v) is 6.28. The summed E-state index contributed by atoms with van der Waals surface area (Å²) in [4.78, 5) is 11.8. The number of rotatable bonds is 6. The first-order valence-electron chi connectivity index (χ1n) is 8.43. The third kappa shape index (κ3) is 5.24. The molecule has 1 saturated carbocycles. The van der Waals surface area contributed by atoms with Crippen LogP contribution in [0.4, 0.5) is 4.79 Å². The smallest absolute Gasteiger partial charge is 0.315 e. The van der Waals surface area contributed by atoms with Gasteiger partial charge in [0.2, 0.25) is 0 Å². The number of nitrogens with one attached hydrogen (secondary N) is 2. The summed E-state index contributed by atoms with van der Waals surface area (Å²) in [5.41, 5.74) is 1.20. The van der Waals surface area contributed by atoms with Crippen LogP contribution < -0.4 is 15.4 Å². The first-order valence-corrected chi connectivity index (χ1v) is 8.43. The molecule has 0 atom stereocenters. The van der Waals surface area contributed by atoms with Crippen molar-refractivity contribution in [3.8, 4) is 5.75 Å². The molecule has 0 spiro atoms. The Bertz CT molecular complexity index is 468. The van der Waals surface area contributed by atoms with Crippen molar-refractivity contribution in [2.75, 3.05) is 13.2 Å². The molecule has 2 amide bonds. The molecule has 0 radical (unpaired) electrons. The molecule has 1 aromatic rings. The van der Waals surface area contributed by atoms with E-state index in [0.717, 1.165) is 18.6 Å². The van der Waals surface area contributed by atoms with Crippen LogP contribution in [-0.4, -0.2) is 25.2 Å². The van der Waals surface area contributed by atoms with Crippen LogP contribution in [0.3, 0.4) is 0 Å². The standard InChI is InChI=1S/C18H28N2O2/c1-14(2)16-10-6-7-11-17(16)22-13-12-19-18(21)20-15-8-4-3-5-9-15/h6-7,10-11,14-15H,3-5,8-9,12-13H2,1-2H3,(H2,19,20,21). The molecule has 0 heterocycles. The quantitative estimate of drug-likeness (QED) is 0.785. The summed E-state index contributed by atoms with van der Waals surface area (Å²) < 4.78 is 5.80. The Hall–Kier alpha value is -1.71. The number of carbonyl (C=O) groups is 1. The molecule has 1 aliphatic carbocycles. The number of carbonyl (C=O) groups excluding carboxylic acids is 1. The summed E-state index contributed by atoms with van der Waals surface area (Å²) in [6.07, 6.45) is 5.94. The van der Waals surface area contributed by atoms with Crippen LogP contribution in [0.15, 0.2) is 24.3 Å². The summed E-state index contributed by atoms with van der Waals surface area (Å²) >= 11 is 0. The van der Waals surface area contributed by atoms with Crippen LogP contribution in [0.25, 0.3) is 0 Å². The van der Waals surface area contributed by atoms with Crippen molar-refractivity contribution in [2.24, 2.45) is 0 Å². The van der Waals surface area contributed by atoms with Crippen LogP contribution in [0.5, 0.6) is 5.75 Å². The number of ether oxygens (including phenoxy) is 1. The molecule has 0 unspecified atom stereocenters. The van der Waals surface area contributed by atoms with E-state index >= 15 is 0 Å². The van der Waals surface area contributed by atoms with Gasteiger partial charge in [0, 0.05) is 6.04 Å². The second kappa shape index (κ2) is 8.66. The number of urea groups is 1. The first-order chi connectivity index (χ1) is 10.7. The van der Waals surface area contributed by atoms with E-state index in [1.165, 1.54) is 24.8 Å². The highest BCUT2D eigenvalue weighted by molar-refractivity contribution is 5.74. The van der Waals surface area contributed by atoms with Crippen molar-refractivity contribution in [2.45, 2.75) is 57.9 Å². The SMILES string of the molecule is CC(C)c1ccccc1OCCNC(=O)NC1CCCCC1. The van der Waals surface area contributed by atoms with Gasteiger partial charge < -0.3 is 15.4 Å². The Balaban J connectivity index is 1.67. The van der Waals surface area contributed by atoms with Crippen molar-refractivity contribution >= 4 is 6.03 Å². The van der Waals surface area contributed by atoms with E-state index in [1.54, 1.807) is 0 Å². The van der Waals surface area contributed by atoms with E-state index in [4.69, 9.17) is 4.74 Å². The fraction of sp³-hybridized carbons (Fsp3) is 0.611. The molecule has 1 aromatic carbocycles. The van der Waals surface area contributed by atoms with Crippen molar-refractivity contribution < 1.29 is 9.53 Å². The molecule has 1 aliphatic rings. The Kier molecular flexibility index (Phi) is 6.56. The average molecular weight is 304 g/mol. The fourth-order valence-corrected chi connectivity index (χ4v) is 2.90. The molecule has 122 valence electrons. The molecule has 0 aromatic heterocycles. The molecule has 0 aliphatic heterocycles. The van der Waals surface area contributed by atoms with E-state index < -0.39 is 0 Å². The van der Waals surface area contributed by atoms with Gasteiger partial charge in [0.15, 0.2) is 0 Å². The van der Waals surface area contributed by atoms with Gasteiger partial charge in [0.25, 0.3) is 0 Å². The van der Waals surface area contributed by atoms with Crippen LogP contribution in [-0.2, 0) is 0 Å². The molecular weight excluding hydrogens is 276 g/mol. The Labute approximate surface area is 133 Å².